The molecule has 0 saturated heterocycles. The summed E-state index contributed by atoms with van der Waals surface area (Å²) in [6.07, 6.45) is 0.689. The molecule has 5 aromatic rings. The van der Waals surface area contributed by atoms with E-state index >= 15 is 0 Å². The van der Waals surface area contributed by atoms with E-state index in [0.717, 1.165) is 38.9 Å². The zero-order chi connectivity index (χ0) is 28.4. The maximum atomic E-state index is 14.4. The van der Waals surface area contributed by atoms with E-state index in [0.29, 0.717) is 18.6 Å². The minimum Gasteiger partial charge on any atom is -0.291 e. The number of aromatic nitrogens is 2. The van der Waals surface area contributed by atoms with Crippen molar-refractivity contribution in [2.75, 3.05) is 0 Å². The molecule has 0 fully saturated rings. The number of imidazole rings is 1. The predicted octanol–water partition coefficient (Wildman–Crippen LogP) is 11.1. The van der Waals surface area contributed by atoms with Gasteiger partial charge in [-0.3, -0.25) is 4.40 Å². The topological polar surface area (TPSA) is 17.3 Å². The number of benzene rings is 3. The van der Waals surface area contributed by atoms with Gasteiger partial charge in [-0.1, -0.05) is 82.6 Å². The highest BCUT2D eigenvalue weighted by atomic mass is 32.2. The van der Waals surface area contributed by atoms with E-state index in [1.807, 2.05) is 41.5 Å². The Morgan fingerprint density at radius 2 is 1.47 bits per heavy atom. The van der Waals surface area contributed by atoms with Crippen molar-refractivity contribution in [2.24, 2.45) is 0 Å². The minimum atomic E-state index is -0.645. The number of pyridine rings is 1. The minimum absolute atomic E-state index is 0.433. The zero-order valence-corrected chi connectivity index (χ0v) is 25.8. The van der Waals surface area contributed by atoms with Crippen LogP contribution in [0.25, 0.3) is 38.6 Å². The first-order valence-electron chi connectivity index (χ1n) is 13.9. The molecule has 0 aliphatic rings. The van der Waals surface area contributed by atoms with E-state index in [-0.39, 0.29) is 0 Å². The Morgan fingerprint density at radius 1 is 0.842 bits per heavy atom. The van der Waals surface area contributed by atoms with Crippen LogP contribution in [-0.2, 0) is 4.75 Å². The number of halogens is 1. The van der Waals surface area contributed by atoms with Crippen molar-refractivity contribution < 1.29 is 3.89 Å². The van der Waals surface area contributed by atoms with Gasteiger partial charge in [-0.2, -0.15) is 3.89 Å². The Kier molecular flexibility index (Phi) is 9.30. The fourth-order valence-electron chi connectivity index (χ4n) is 5.58. The highest BCUT2D eigenvalue weighted by Gasteiger charge is 2.31. The van der Waals surface area contributed by atoms with Crippen molar-refractivity contribution in [3.8, 4) is 11.3 Å². The molecule has 0 saturated carbocycles. The zero-order valence-electron chi connectivity index (χ0n) is 25.0. The fraction of sp³-hybridized carbons (Fsp3) is 0.382. The van der Waals surface area contributed by atoms with Gasteiger partial charge < -0.3 is 0 Å². The largest absolute Gasteiger partial charge is 0.291 e. The van der Waals surface area contributed by atoms with Crippen molar-refractivity contribution in [1.82, 2.24) is 9.38 Å². The smallest absolute Gasteiger partial charge is 0.146 e. The molecule has 2 nitrogen and oxygen atoms in total. The highest BCUT2D eigenvalue weighted by Crippen LogP contribution is 2.46. The highest BCUT2D eigenvalue weighted by molar-refractivity contribution is 7.95. The second-order valence-corrected chi connectivity index (χ2v) is 10.9. The van der Waals surface area contributed by atoms with Crippen molar-refractivity contribution in [1.29, 1.82) is 0 Å². The first-order valence-corrected chi connectivity index (χ1v) is 14.6. The second kappa shape index (κ2) is 11.9. The molecule has 0 radical (unpaired) electrons. The Bertz CT molecular complexity index is 1570. The summed E-state index contributed by atoms with van der Waals surface area (Å²) in [6.45, 7) is 22.8. The molecule has 0 spiro atoms. The van der Waals surface area contributed by atoms with Crippen LogP contribution in [0.15, 0.2) is 48.5 Å². The predicted molar refractivity (Wildman–Crippen MR) is 168 cm³/mol. The van der Waals surface area contributed by atoms with Crippen LogP contribution >= 0.6 is 12.1 Å². The van der Waals surface area contributed by atoms with Crippen LogP contribution in [0.3, 0.4) is 0 Å². The number of fused-ring (bicyclic) bond motifs is 6. The van der Waals surface area contributed by atoms with Gasteiger partial charge in [0, 0.05) is 16.3 Å². The lowest BCUT2D eigenvalue weighted by atomic mass is 9.91. The van der Waals surface area contributed by atoms with E-state index in [9.17, 15) is 3.89 Å². The molecule has 0 bridgehead atoms. The van der Waals surface area contributed by atoms with E-state index < -0.39 is 4.75 Å². The maximum absolute atomic E-state index is 14.4. The molecular formula is C34H43FN2S. The fourth-order valence-corrected chi connectivity index (χ4v) is 5.94. The SMILES string of the molecule is CC.CC.CCC(C)(SF)c1cccc2c3ccc(C)cc3n3c(-c4c(C)cc(C)cc4C)c(C)nc3c12. The molecule has 2 heterocycles. The first kappa shape index (κ1) is 29.7. The summed E-state index contributed by atoms with van der Waals surface area (Å²) in [7, 11) is 0. The lowest BCUT2D eigenvalue weighted by molar-refractivity contribution is 0.648. The third-order valence-corrected chi connectivity index (χ3v) is 8.20. The second-order valence-electron chi connectivity index (χ2n) is 9.89. The van der Waals surface area contributed by atoms with Gasteiger partial charge in [-0.25, -0.2) is 4.98 Å². The van der Waals surface area contributed by atoms with Gasteiger partial charge >= 0.3 is 0 Å². The van der Waals surface area contributed by atoms with Crippen LogP contribution < -0.4 is 0 Å². The van der Waals surface area contributed by atoms with Crippen LogP contribution in [0.5, 0.6) is 0 Å². The molecule has 1 unspecified atom stereocenters. The number of hydrogen-bond donors (Lipinski definition) is 0. The van der Waals surface area contributed by atoms with Crippen LogP contribution in [-0.4, -0.2) is 9.38 Å². The van der Waals surface area contributed by atoms with E-state index in [4.69, 9.17) is 4.98 Å². The number of nitrogens with zero attached hydrogens (tertiary/aromatic N) is 2. The average molecular weight is 531 g/mol. The molecule has 0 amide bonds. The maximum Gasteiger partial charge on any atom is 0.146 e. The molecule has 0 aliphatic carbocycles. The van der Waals surface area contributed by atoms with Gasteiger partial charge in [-0.05, 0) is 81.7 Å². The molecular weight excluding hydrogens is 487 g/mol. The summed E-state index contributed by atoms with van der Waals surface area (Å²) < 4.78 is 16.1. The molecule has 5 rings (SSSR count). The standard InChI is InChI=1S/C30H31FN2S.2C2H6/c1-8-30(7,34-31)24-11-9-10-23-22-13-12-17(2)16-25(22)33-28(21(6)32-29(33)27(23)24)26-19(4)14-18(3)15-20(26)5;2*1-2/h9-16H,8H2,1-7H3;2*1-2H3. The molecule has 2 aromatic heterocycles. The molecule has 4 heteroatoms. The van der Waals surface area contributed by atoms with Gasteiger partial charge in [0.25, 0.3) is 0 Å². The summed E-state index contributed by atoms with van der Waals surface area (Å²) in [6, 6.07) is 17.4. The van der Waals surface area contributed by atoms with E-state index in [2.05, 4.69) is 87.6 Å². The first-order chi connectivity index (χ1) is 18.2. The molecule has 1 atom stereocenters. The Balaban J connectivity index is 0.000000956. The van der Waals surface area contributed by atoms with Crippen LogP contribution in [0.2, 0.25) is 0 Å². The summed E-state index contributed by atoms with van der Waals surface area (Å²) in [5.74, 6) is 0. The Hall–Kier alpha value is -2.85. The Morgan fingerprint density at radius 3 is 2.05 bits per heavy atom. The molecule has 3 aromatic carbocycles. The van der Waals surface area contributed by atoms with Crippen LogP contribution in [0.4, 0.5) is 3.89 Å². The van der Waals surface area contributed by atoms with Gasteiger partial charge in [0.2, 0.25) is 0 Å². The molecule has 0 aliphatic heterocycles. The van der Waals surface area contributed by atoms with Gasteiger partial charge in [-0.15, -0.1) is 0 Å². The summed E-state index contributed by atoms with van der Waals surface area (Å²) >= 11 is 0.433. The number of rotatable bonds is 4. The lowest BCUT2D eigenvalue weighted by Crippen LogP contribution is -2.15. The van der Waals surface area contributed by atoms with Crippen molar-refractivity contribution >= 4 is 39.5 Å². The van der Waals surface area contributed by atoms with Crippen molar-refractivity contribution in [3.05, 3.63) is 82.0 Å². The normalized spacial score (nSPS) is 12.6. The third kappa shape index (κ3) is 4.84. The van der Waals surface area contributed by atoms with Gasteiger partial charge in [0.15, 0.2) is 0 Å². The van der Waals surface area contributed by atoms with Gasteiger partial charge in [0.05, 0.1) is 33.8 Å². The quantitative estimate of drug-likeness (QED) is 0.215. The number of hydrogen-bond acceptors (Lipinski definition) is 2. The van der Waals surface area contributed by atoms with E-state index in [1.54, 1.807) is 0 Å². The average Bonchev–Trinajstić information content (AvgIpc) is 3.26. The molecule has 202 valence electrons. The van der Waals surface area contributed by atoms with Gasteiger partial charge in [0.1, 0.15) is 5.65 Å². The Labute approximate surface area is 233 Å². The van der Waals surface area contributed by atoms with Crippen LogP contribution in [0, 0.1) is 34.6 Å². The van der Waals surface area contributed by atoms with Crippen molar-refractivity contribution in [2.45, 2.75) is 87.3 Å². The summed E-state index contributed by atoms with van der Waals surface area (Å²) in [4.78, 5) is 5.18. The summed E-state index contributed by atoms with van der Waals surface area (Å²) in [5, 5.41) is 3.34. The number of aryl methyl sites for hydroxylation is 5. The van der Waals surface area contributed by atoms with Crippen molar-refractivity contribution in [3.63, 3.8) is 0 Å². The van der Waals surface area contributed by atoms with Crippen LogP contribution in [0.1, 0.15) is 81.5 Å². The molecule has 38 heavy (non-hydrogen) atoms. The summed E-state index contributed by atoms with van der Waals surface area (Å²) in [5.41, 5.74) is 11.4. The molecule has 0 N–H and O–H groups in total. The van der Waals surface area contributed by atoms with E-state index in [1.165, 1.54) is 33.2 Å². The third-order valence-electron chi connectivity index (χ3n) is 7.35. The lowest BCUT2D eigenvalue weighted by Gasteiger charge is -2.26. The monoisotopic (exact) mass is 530 g/mol.